The summed E-state index contributed by atoms with van der Waals surface area (Å²) < 4.78 is 0.858. The van der Waals surface area contributed by atoms with Gasteiger partial charge in [0.2, 0.25) is 5.91 Å². The molecule has 3 rings (SSSR count). The van der Waals surface area contributed by atoms with E-state index in [2.05, 4.69) is 10.3 Å². The zero-order chi connectivity index (χ0) is 23.4. The number of rotatable bonds is 8. The molecule has 3 aromatic rings. The van der Waals surface area contributed by atoms with Crippen LogP contribution in [0.5, 0.6) is 5.75 Å². The smallest absolute Gasteiger partial charge is 0.329 e. The van der Waals surface area contributed by atoms with E-state index >= 15 is 0 Å². The number of carboxylic acid groups (broad SMARTS) is 1. The summed E-state index contributed by atoms with van der Waals surface area (Å²) in [6.07, 6.45) is 0.136. The van der Waals surface area contributed by atoms with Crippen LogP contribution in [-0.2, 0) is 16.0 Å². The van der Waals surface area contributed by atoms with Crippen LogP contribution in [0.15, 0.2) is 58.1 Å². The zero-order valence-corrected chi connectivity index (χ0v) is 17.7. The van der Waals surface area contributed by atoms with Gasteiger partial charge >= 0.3 is 11.7 Å². The molecule has 2 unspecified atom stereocenters. The maximum absolute atomic E-state index is 13.2. The minimum absolute atomic E-state index is 0.0290. The maximum Gasteiger partial charge on any atom is 0.329 e. The van der Waals surface area contributed by atoms with Crippen molar-refractivity contribution in [1.29, 1.82) is 0 Å². The van der Waals surface area contributed by atoms with Gasteiger partial charge in [-0.3, -0.25) is 9.59 Å². The van der Waals surface area contributed by atoms with Crippen LogP contribution in [0.1, 0.15) is 31.9 Å². The standard InChI is InChI=1S/C23H25N3O6/c1-13(2)11-19(26-21(29)16-5-3-4-6-17(16)25-23(26)32)20(28)24-18(22(30)31)12-14-7-9-15(27)10-8-14/h3-10,13,18-19,27H,11-12H2,1-2H3,(H,24,28)(H,25,32)(H,30,31). The lowest BCUT2D eigenvalue weighted by Crippen LogP contribution is -2.49. The van der Waals surface area contributed by atoms with E-state index in [0.29, 0.717) is 11.1 Å². The predicted molar refractivity (Wildman–Crippen MR) is 119 cm³/mol. The predicted octanol–water partition coefficient (Wildman–Crippen LogP) is 1.79. The molecule has 0 bridgehead atoms. The molecule has 168 valence electrons. The van der Waals surface area contributed by atoms with Crippen molar-refractivity contribution < 1.29 is 19.8 Å². The van der Waals surface area contributed by atoms with Crippen molar-refractivity contribution in [3.05, 3.63) is 74.9 Å². The van der Waals surface area contributed by atoms with Crippen molar-refractivity contribution in [2.24, 2.45) is 5.92 Å². The summed E-state index contributed by atoms with van der Waals surface area (Å²) in [5.74, 6) is -2.00. The number of phenols is 1. The Hall–Kier alpha value is -3.88. The van der Waals surface area contributed by atoms with E-state index in [0.717, 1.165) is 4.57 Å². The van der Waals surface area contributed by atoms with Crippen molar-refractivity contribution in [3.8, 4) is 5.75 Å². The number of carboxylic acids is 1. The lowest BCUT2D eigenvalue weighted by molar-refractivity contribution is -0.142. The fourth-order valence-electron chi connectivity index (χ4n) is 3.57. The fraction of sp³-hybridized carbons (Fsp3) is 0.304. The molecule has 1 aromatic heterocycles. The number of aromatic amines is 1. The molecule has 0 aliphatic carbocycles. The number of carbonyl (C=O) groups excluding carboxylic acids is 1. The Labute approximate surface area is 183 Å². The first-order valence-corrected chi connectivity index (χ1v) is 10.2. The summed E-state index contributed by atoms with van der Waals surface area (Å²) in [7, 11) is 0. The molecule has 2 atom stereocenters. The van der Waals surface area contributed by atoms with Gasteiger partial charge in [-0.1, -0.05) is 38.1 Å². The summed E-state index contributed by atoms with van der Waals surface area (Å²) >= 11 is 0. The van der Waals surface area contributed by atoms with Gasteiger partial charge in [-0.15, -0.1) is 0 Å². The molecule has 2 aromatic carbocycles. The monoisotopic (exact) mass is 439 g/mol. The number of hydrogen-bond donors (Lipinski definition) is 4. The first-order valence-electron chi connectivity index (χ1n) is 10.2. The number of phenolic OH excluding ortho intramolecular Hbond substituents is 1. The molecule has 0 radical (unpaired) electrons. The number of aliphatic carboxylic acids is 1. The van der Waals surface area contributed by atoms with Crippen LogP contribution in [0.25, 0.3) is 10.9 Å². The Bertz CT molecular complexity index is 1240. The molecular weight excluding hydrogens is 414 g/mol. The van der Waals surface area contributed by atoms with E-state index in [1.807, 2.05) is 13.8 Å². The summed E-state index contributed by atoms with van der Waals surface area (Å²) in [6.45, 7) is 3.68. The third-order valence-electron chi connectivity index (χ3n) is 5.14. The highest BCUT2D eigenvalue weighted by Crippen LogP contribution is 2.17. The molecule has 32 heavy (non-hydrogen) atoms. The number of aromatic hydroxyl groups is 1. The number of nitrogens with zero attached hydrogens (tertiary/aromatic N) is 1. The van der Waals surface area contributed by atoms with Crippen LogP contribution < -0.4 is 16.6 Å². The Kier molecular flexibility index (Phi) is 6.77. The molecule has 4 N–H and O–H groups in total. The number of benzene rings is 2. The first-order chi connectivity index (χ1) is 15.2. The van der Waals surface area contributed by atoms with Gasteiger partial charge in [-0.05, 0) is 42.2 Å². The highest BCUT2D eigenvalue weighted by Gasteiger charge is 2.29. The van der Waals surface area contributed by atoms with E-state index in [4.69, 9.17) is 0 Å². The van der Waals surface area contributed by atoms with Crippen molar-refractivity contribution >= 4 is 22.8 Å². The molecule has 0 spiro atoms. The van der Waals surface area contributed by atoms with Crippen molar-refractivity contribution in [1.82, 2.24) is 14.9 Å². The molecule has 9 nitrogen and oxygen atoms in total. The van der Waals surface area contributed by atoms with Gasteiger partial charge in [-0.2, -0.15) is 0 Å². The minimum Gasteiger partial charge on any atom is -0.508 e. The second-order valence-corrected chi connectivity index (χ2v) is 8.07. The molecule has 1 heterocycles. The topological polar surface area (TPSA) is 141 Å². The van der Waals surface area contributed by atoms with Gasteiger partial charge in [0.15, 0.2) is 0 Å². The maximum atomic E-state index is 13.2. The summed E-state index contributed by atoms with van der Waals surface area (Å²) in [4.78, 5) is 53.3. The van der Waals surface area contributed by atoms with Crippen LogP contribution in [0.4, 0.5) is 0 Å². The largest absolute Gasteiger partial charge is 0.508 e. The van der Waals surface area contributed by atoms with Crippen LogP contribution >= 0.6 is 0 Å². The highest BCUT2D eigenvalue weighted by atomic mass is 16.4. The molecular formula is C23H25N3O6. The molecule has 0 aliphatic rings. The molecule has 0 fully saturated rings. The fourth-order valence-corrected chi connectivity index (χ4v) is 3.57. The molecule has 9 heteroatoms. The quantitative estimate of drug-likeness (QED) is 0.422. The third kappa shape index (κ3) is 5.05. The van der Waals surface area contributed by atoms with Crippen LogP contribution in [0.2, 0.25) is 0 Å². The number of carbonyl (C=O) groups is 2. The number of fused-ring (bicyclic) bond motifs is 1. The Morgan fingerprint density at radius 2 is 1.72 bits per heavy atom. The van der Waals surface area contributed by atoms with Crippen LogP contribution in [0.3, 0.4) is 0 Å². The second kappa shape index (κ2) is 9.51. The Balaban J connectivity index is 1.96. The van der Waals surface area contributed by atoms with E-state index < -0.39 is 35.2 Å². The molecule has 0 saturated heterocycles. The lowest BCUT2D eigenvalue weighted by atomic mass is 10.0. The zero-order valence-electron chi connectivity index (χ0n) is 17.7. The number of hydrogen-bond acceptors (Lipinski definition) is 5. The SMILES string of the molecule is CC(C)CC(C(=O)NC(Cc1ccc(O)cc1)C(=O)O)n1c(=O)[nH]c2ccccc2c1=O. The van der Waals surface area contributed by atoms with Gasteiger partial charge in [0.05, 0.1) is 10.9 Å². The third-order valence-corrected chi connectivity index (χ3v) is 5.14. The minimum atomic E-state index is -1.28. The Morgan fingerprint density at radius 1 is 1.06 bits per heavy atom. The number of nitrogens with one attached hydrogen (secondary N) is 2. The molecule has 0 aliphatic heterocycles. The van der Waals surface area contributed by atoms with Gasteiger partial charge in [0.1, 0.15) is 17.8 Å². The van der Waals surface area contributed by atoms with Gasteiger partial charge in [0.25, 0.3) is 5.56 Å². The Morgan fingerprint density at radius 3 is 2.34 bits per heavy atom. The van der Waals surface area contributed by atoms with Crippen molar-refractivity contribution in [2.75, 3.05) is 0 Å². The first kappa shape index (κ1) is 22.8. The van der Waals surface area contributed by atoms with E-state index in [1.165, 1.54) is 12.1 Å². The highest BCUT2D eigenvalue weighted by molar-refractivity contribution is 5.86. The van der Waals surface area contributed by atoms with Crippen LogP contribution in [0, 0.1) is 5.92 Å². The number of para-hydroxylation sites is 1. The van der Waals surface area contributed by atoms with E-state index in [9.17, 15) is 29.4 Å². The van der Waals surface area contributed by atoms with Crippen molar-refractivity contribution in [3.63, 3.8) is 0 Å². The van der Waals surface area contributed by atoms with Crippen molar-refractivity contribution in [2.45, 2.75) is 38.8 Å². The van der Waals surface area contributed by atoms with Crippen LogP contribution in [-0.4, -0.2) is 37.7 Å². The second-order valence-electron chi connectivity index (χ2n) is 8.07. The summed E-state index contributed by atoms with van der Waals surface area (Å²) in [6, 6.07) is 9.98. The number of amides is 1. The van der Waals surface area contributed by atoms with E-state index in [1.54, 1.807) is 36.4 Å². The summed E-state index contributed by atoms with van der Waals surface area (Å²) in [5, 5.41) is 21.8. The summed E-state index contributed by atoms with van der Waals surface area (Å²) in [5.41, 5.74) is -0.398. The van der Waals surface area contributed by atoms with Gasteiger partial charge in [-0.25, -0.2) is 14.2 Å². The number of aromatic nitrogens is 2. The van der Waals surface area contributed by atoms with Gasteiger partial charge < -0.3 is 20.5 Å². The lowest BCUT2D eigenvalue weighted by Gasteiger charge is -2.23. The van der Waals surface area contributed by atoms with Gasteiger partial charge in [0, 0.05) is 6.42 Å². The normalized spacial score (nSPS) is 13.1. The number of H-pyrrole nitrogens is 1. The van der Waals surface area contributed by atoms with E-state index in [-0.39, 0.29) is 29.9 Å². The molecule has 1 amide bonds. The average Bonchev–Trinajstić information content (AvgIpc) is 2.73. The average molecular weight is 439 g/mol. The molecule has 0 saturated carbocycles.